The zero-order valence-electron chi connectivity index (χ0n) is 6.19. The van der Waals surface area contributed by atoms with Crippen LogP contribution in [0, 0.1) is 0 Å². The molecule has 0 aliphatic carbocycles. The van der Waals surface area contributed by atoms with Crippen molar-refractivity contribution in [3.63, 3.8) is 0 Å². The number of rotatable bonds is 3. The molecule has 0 aliphatic heterocycles. The lowest BCUT2D eigenvalue weighted by atomic mass is 10.4. The number of halogens is 2. The van der Waals surface area contributed by atoms with Gasteiger partial charge in [0, 0.05) is 0 Å². The Bertz CT molecular complexity index is 81.1. The van der Waals surface area contributed by atoms with Crippen LogP contribution in [0.4, 0.5) is 8.78 Å². The molecule has 0 spiro atoms. The molecule has 0 bridgehead atoms. The molecule has 0 N–H and O–H groups in total. The van der Waals surface area contributed by atoms with Crippen LogP contribution >= 0.6 is 0 Å². The summed E-state index contributed by atoms with van der Waals surface area (Å²) in [6.07, 6.45) is 0.803. The number of hydrogen-bond donors (Lipinski definition) is 0. The molecule has 3 heteroatoms. The molecule has 0 amide bonds. The van der Waals surface area contributed by atoms with Crippen molar-refractivity contribution in [2.45, 2.75) is 19.9 Å². The van der Waals surface area contributed by atoms with Crippen molar-refractivity contribution in [1.82, 2.24) is 0 Å². The molecular weight excluding hydrogens is 124 g/mol. The van der Waals surface area contributed by atoms with Crippen molar-refractivity contribution in [2.75, 3.05) is 20.6 Å². The van der Waals surface area contributed by atoms with E-state index in [4.69, 9.17) is 0 Å². The highest BCUT2D eigenvalue weighted by atomic mass is 19.3. The maximum atomic E-state index is 12.0. The van der Waals surface area contributed by atoms with Crippen molar-refractivity contribution in [1.29, 1.82) is 0 Å². The Kier molecular flexibility index (Phi) is 3.04. The average molecular weight is 138 g/mol. The van der Waals surface area contributed by atoms with Crippen LogP contribution in [-0.2, 0) is 0 Å². The lowest BCUT2D eigenvalue weighted by Crippen LogP contribution is -2.44. The Hall–Kier alpha value is -0.180. The number of nitrogens with zero attached hydrogens (tertiary/aromatic N) is 1. The summed E-state index contributed by atoms with van der Waals surface area (Å²) in [4.78, 5) is 0. The van der Waals surface area contributed by atoms with Crippen LogP contribution in [0.3, 0.4) is 0 Å². The number of hydrogen-bond acceptors (Lipinski definition) is 0. The Morgan fingerprint density at radius 3 is 1.89 bits per heavy atom. The minimum atomic E-state index is -2.25. The lowest BCUT2D eigenvalue weighted by molar-refractivity contribution is -0.945. The first-order valence-electron chi connectivity index (χ1n) is 3.11. The molecule has 0 radical (unpaired) electrons. The van der Waals surface area contributed by atoms with Crippen LogP contribution in [0.15, 0.2) is 0 Å². The second-order valence-corrected chi connectivity index (χ2v) is 2.78. The summed E-state index contributed by atoms with van der Waals surface area (Å²) in [5.74, 6) is 0. The maximum Gasteiger partial charge on any atom is 0.380 e. The minimum absolute atomic E-state index is 0.184. The number of alkyl halides is 2. The highest BCUT2D eigenvalue weighted by Crippen LogP contribution is 2.09. The molecule has 0 aromatic heterocycles. The molecule has 0 heterocycles. The van der Waals surface area contributed by atoms with E-state index in [9.17, 15) is 8.78 Å². The predicted octanol–water partition coefficient (Wildman–Crippen LogP) is 1.70. The van der Waals surface area contributed by atoms with Crippen molar-refractivity contribution < 1.29 is 13.3 Å². The molecule has 0 aromatic carbocycles. The Balaban J connectivity index is 3.70. The monoisotopic (exact) mass is 138 g/mol. The Labute approximate surface area is 54.9 Å². The smallest absolute Gasteiger partial charge is 0.271 e. The quantitative estimate of drug-likeness (QED) is 0.411. The van der Waals surface area contributed by atoms with Gasteiger partial charge in [-0.05, 0) is 6.42 Å². The van der Waals surface area contributed by atoms with E-state index in [2.05, 4.69) is 0 Å². The first-order valence-corrected chi connectivity index (χ1v) is 3.11. The van der Waals surface area contributed by atoms with Gasteiger partial charge < -0.3 is 0 Å². The maximum absolute atomic E-state index is 12.0. The van der Waals surface area contributed by atoms with Crippen molar-refractivity contribution in [3.05, 3.63) is 0 Å². The molecule has 0 atom stereocenters. The fourth-order valence-corrected chi connectivity index (χ4v) is 0.674. The van der Waals surface area contributed by atoms with Gasteiger partial charge in [0.2, 0.25) is 0 Å². The third kappa shape index (κ3) is 2.75. The van der Waals surface area contributed by atoms with Crippen molar-refractivity contribution >= 4 is 0 Å². The van der Waals surface area contributed by atoms with E-state index in [1.165, 1.54) is 14.1 Å². The molecule has 0 unspecified atom stereocenters. The van der Waals surface area contributed by atoms with E-state index in [0.29, 0.717) is 6.54 Å². The zero-order valence-corrected chi connectivity index (χ0v) is 6.19. The van der Waals surface area contributed by atoms with Gasteiger partial charge in [-0.2, -0.15) is 8.78 Å². The van der Waals surface area contributed by atoms with Gasteiger partial charge in [0.25, 0.3) is 0 Å². The summed E-state index contributed by atoms with van der Waals surface area (Å²) in [6, 6.07) is 0. The fraction of sp³-hybridized carbons (Fsp3) is 1.00. The third-order valence-corrected chi connectivity index (χ3v) is 1.33. The molecule has 0 rings (SSSR count). The molecule has 1 nitrogen and oxygen atoms in total. The van der Waals surface area contributed by atoms with Crippen LogP contribution in [0.25, 0.3) is 0 Å². The summed E-state index contributed by atoms with van der Waals surface area (Å²) in [7, 11) is 3.07. The molecule has 0 aliphatic rings. The van der Waals surface area contributed by atoms with E-state index in [0.717, 1.165) is 6.42 Å². The SMILES string of the molecule is CCC[N+](C)(C)C(F)F. The van der Waals surface area contributed by atoms with Gasteiger partial charge >= 0.3 is 6.55 Å². The first-order chi connectivity index (χ1) is 4.00. The average Bonchev–Trinajstić information content (AvgIpc) is 1.65. The van der Waals surface area contributed by atoms with Gasteiger partial charge in [-0.15, -0.1) is 0 Å². The highest BCUT2D eigenvalue weighted by molar-refractivity contribution is 4.26. The summed E-state index contributed by atoms with van der Waals surface area (Å²) in [6.45, 7) is 0.199. The standard InChI is InChI=1S/C6H14F2N/c1-4-5-9(2,3)6(7)8/h6H,4-5H2,1-3H3/q+1. The van der Waals surface area contributed by atoms with Gasteiger partial charge in [0.05, 0.1) is 20.6 Å². The fourth-order valence-electron chi connectivity index (χ4n) is 0.674. The zero-order chi connectivity index (χ0) is 7.49. The van der Waals surface area contributed by atoms with Crippen LogP contribution in [0.2, 0.25) is 0 Å². The Morgan fingerprint density at radius 1 is 1.33 bits per heavy atom. The van der Waals surface area contributed by atoms with Crippen molar-refractivity contribution in [2.24, 2.45) is 0 Å². The van der Waals surface area contributed by atoms with Crippen LogP contribution in [-0.4, -0.2) is 31.7 Å². The van der Waals surface area contributed by atoms with Gasteiger partial charge in [0.15, 0.2) is 0 Å². The predicted molar refractivity (Wildman–Crippen MR) is 33.3 cm³/mol. The Morgan fingerprint density at radius 2 is 1.78 bits per heavy atom. The van der Waals surface area contributed by atoms with Crippen LogP contribution < -0.4 is 0 Å². The minimum Gasteiger partial charge on any atom is -0.271 e. The second-order valence-electron chi connectivity index (χ2n) is 2.78. The van der Waals surface area contributed by atoms with E-state index < -0.39 is 6.55 Å². The van der Waals surface area contributed by atoms with E-state index >= 15 is 0 Å². The molecule has 56 valence electrons. The summed E-state index contributed by atoms with van der Waals surface area (Å²) in [5.41, 5.74) is 0. The molecule has 0 saturated carbocycles. The van der Waals surface area contributed by atoms with E-state index in [1.54, 1.807) is 0 Å². The van der Waals surface area contributed by atoms with Crippen LogP contribution in [0.1, 0.15) is 13.3 Å². The highest BCUT2D eigenvalue weighted by Gasteiger charge is 2.25. The summed E-state index contributed by atoms with van der Waals surface area (Å²) < 4.78 is 23.8. The van der Waals surface area contributed by atoms with Gasteiger partial charge in [-0.3, -0.25) is 4.48 Å². The topological polar surface area (TPSA) is 0 Å². The van der Waals surface area contributed by atoms with E-state index in [1.807, 2.05) is 6.92 Å². The molecule has 9 heavy (non-hydrogen) atoms. The number of quaternary nitrogens is 1. The third-order valence-electron chi connectivity index (χ3n) is 1.33. The first kappa shape index (κ1) is 8.82. The van der Waals surface area contributed by atoms with Crippen molar-refractivity contribution in [3.8, 4) is 0 Å². The second kappa shape index (κ2) is 3.11. The largest absolute Gasteiger partial charge is 0.380 e. The van der Waals surface area contributed by atoms with Crippen LogP contribution in [0.5, 0.6) is 0 Å². The molecular formula is C6H14F2N+. The van der Waals surface area contributed by atoms with Gasteiger partial charge in [0.1, 0.15) is 0 Å². The molecule has 0 saturated heterocycles. The molecule has 0 aromatic rings. The molecule has 0 fully saturated rings. The van der Waals surface area contributed by atoms with Gasteiger partial charge in [-0.25, -0.2) is 0 Å². The van der Waals surface area contributed by atoms with Gasteiger partial charge in [-0.1, -0.05) is 6.92 Å². The normalized spacial score (nSPS) is 12.7. The summed E-state index contributed by atoms with van der Waals surface area (Å²) >= 11 is 0. The van der Waals surface area contributed by atoms with E-state index in [-0.39, 0.29) is 4.48 Å². The lowest BCUT2D eigenvalue weighted by Gasteiger charge is -2.27. The summed E-state index contributed by atoms with van der Waals surface area (Å²) in [5, 5.41) is 0.